The van der Waals surface area contributed by atoms with Crippen molar-refractivity contribution in [1.82, 2.24) is 9.32 Å². The summed E-state index contributed by atoms with van der Waals surface area (Å²) < 4.78 is 0.521. The Morgan fingerprint density at radius 3 is 1.91 bits per heavy atom. The van der Waals surface area contributed by atoms with E-state index in [4.69, 9.17) is 0 Å². The fourth-order valence-electron chi connectivity index (χ4n) is 0.397. The van der Waals surface area contributed by atoms with Crippen LogP contribution in [0.2, 0.25) is 0 Å². The predicted octanol–water partition coefficient (Wildman–Crippen LogP) is -8.50. The molecule has 0 aliphatic rings. The third-order valence-electron chi connectivity index (χ3n) is 0.773. The molecule has 0 aliphatic heterocycles. The first-order valence-corrected chi connectivity index (χ1v) is 3.61. The van der Waals surface area contributed by atoms with Gasteiger partial charge in [0.05, 0.1) is 6.20 Å². The van der Waals surface area contributed by atoms with Crippen LogP contribution in [-0.4, -0.2) is 9.32 Å². The maximum Gasteiger partial charge on any atom is 1.00 e. The molecule has 0 unspecified atom stereocenters. The van der Waals surface area contributed by atoms with E-state index in [1.807, 2.05) is 0 Å². The molecule has 0 aliphatic carbocycles. The van der Waals surface area contributed by atoms with Crippen LogP contribution in [0.5, 0.6) is 0 Å². The second kappa shape index (κ2) is 6.05. The van der Waals surface area contributed by atoms with E-state index < -0.39 is 8.09 Å². The monoisotopic (exact) mass is 192 g/mol. The molecule has 0 bridgehead atoms. The molecule has 0 radical (unpaired) electrons. The number of imidazole rings is 1. The number of hydrogen-bond acceptors (Lipinski definition) is 4. The molecule has 0 amide bonds. The smallest absolute Gasteiger partial charge is 0.668 e. The van der Waals surface area contributed by atoms with Crippen molar-refractivity contribution in [3.63, 3.8) is 0 Å². The van der Waals surface area contributed by atoms with E-state index in [0.29, 0.717) is 4.34 Å². The van der Waals surface area contributed by atoms with E-state index in [1.54, 1.807) is 0 Å². The van der Waals surface area contributed by atoms with Crippen molar-refractivity contribution in [2.75, 3.05) is 0 Å². The van der Waals surface area contributed by atoms with Gasteiger partial charge in [0.2, 0.25) is 0 Å². The molecule has 8 heteroatoms. The van der Waals surface area contributed by atoms with Crippen molar-refractivity contribution in [2.24, 2.45) is 0 Å². The molecule has 0 spiro atoms. The molecule has 0 N–H and O–H groups in total. The van der Waals surface area contributed by atoms with E-state index in [9.17, 15) is 14.7 Å². The van der Waals surface area contributed by atoms with E-state index in [2.05, 4.69) is 4.98 Å². The summed E-state index contributed by atoms with van der Waals surface area (Å²) >= 11 is 0. The number of aromatic nitrogens is 2. The van der Waals surface area contributed by atoms with Gasteiger partial charge in [0.1, 0.15) is 6.33 Å². The summed E-state index contributed by atoms with van der Waals surface area (Å²) in [6, 6.07) is 0. The van der Waals surface area contributed by atoms with Gasteiger partial charge in [-0.3, -0.25) is 0 Å². The van der Waals surface area contributed by atoms with Crippen LogP contribution in [0.1, 0.15) is 0 Å². The molecule has 0 fully saturated rings. The molecule has 11 heavy (non-hydrogen) atoms. The van der Waals surface area contributed by atoms with Gasteiger partial charge in [0, 0.05) is 6.20 Å². The first-order valence-electron chi connectivity index (χ1n) is 2.11. The van der Waals surface area contributed by atoms with E-state index in [1.165, 1.54) is 6.20 Å². The van der Waals surface area contributed by atoms with Crippen LogP contribution in [0.25, 0.3) is 0 Å². The summed E-state index contributed by atoms with van der Waals surface area (Å²) in [6.45, 7) is 0. The van der Waals surface area contributed by atoms with Crippen molar-refractivity contribution in [1.29, 1.82) is 0 Å². The Labute approximate surface area is 109 Å². The number of nitrogens with zero attached hydrogens (tertiary/aromatic N) is 2. The van der Waals surface area contributed by atoms with Crippen LogP contribution in [-0.2, 0) is 0 Å². The second-order valence-electron chi connectivity index (χ2n) is 1.41. The third kappa shape index (κ3) is 4.95. The fourth-order valence-corrected chi connectivity index (χ4v) is 0.806. The molecule has 5 nitrogen and oxygen atoms in total. The third-order valence-corrected chi connectivity index (χ3v) is 1.58. The number of rotatable bonds is 1. The molecular weight excluding hydrogens is 189 g/mol. The van der Waals surface area contributed by atoms with Gasteiger partial charge in [-0.05, 0) is 8.09 Å². The average Bonchev–Trinajstić information content (AvgIpc) is 2.08. The van der Waals surface area contributed by atoms with Gasteiger partial charge in [-0.1, -0.05) is 0 Å². The van der Waals surface area contributed by atoms with E-state index in [-0.39, 0.29) is 59.1 Å². The minimum absolute atomic E-state index is 0. The maximum absolute atomic E-state index is 10.1. The molecule has 1 heterocycles. The zero-order valence-electron chi connectivity index (χ0n) is 6.30. The first kappa shape index (κ1) is 15.0. The van der Waals surface area contributed by atoms with Crippen LogP contribution in [0.3, 0.4) is 0 Å². The second-order valence-corrected chi connectivity index (χ2v) is 2.81. The van der Waals surface area contributed by atoms with Crippen molar-refractivity contribution >= 4 is 8.09 Å². The average molecular weight is 192 g/mol. The molecule has 1 aromatic rings. The summed E-state index contributed by atoms with van der Waals surface area (Å²) in [5.41, 5.74) is 0. The van der Waals surface area contributed by atoms with Gasteiger partial charge in [-0.15, -0.1) is 0 Å². The Bertz CT molecular complexity index is 187. The SMILES string of the molecule is [Na+].[Na+].[O-][P+]([O-])([O-])n1ccnc1. The normalized spacial score (nSPS) is 9.73. The number of hydrogen-bond donors (Lipinski definition) is 0. The molecule has 50 valence electrons. The van der Waals surface area contributed by atoms with Crippen LogP contribution >= 0.6 is 8.09 Å². The molecule has 0 saturated heterocycles. The Morgan fingerprint density at radius 1 is 1.18 bits per heavy atom. The zero-order valence-corrected chi connectivity index (χ0v) is 11.2. The van der Waals surface area contributed by atoms with Crippen molar-refractivity contribution in [2.45, 2.75) is 0 Å². The Kier molecular flexibility index (Phi) is 8.25. The van der Waals surface area contributed by atoms with Gasteiger partial charge in [-0.25, -0.2) is 9.32 Å². The zero-order chi connectivity index (χ0) is 6.91. The van der Waals surface area contributed by atoms with Crippen molar-refractivity contribution < 1.29 is 73.8 Å². The van der Waals surface area contributed by atoms with Crippen LogP contribution in [0.4, 0.5) is 0 Å². The molecular formula is C3H3N2Na2O3P. The standard InChI is InChI=1S/C3H5N2O3P.2Na/c6-9(7,8)5-2-1-4-3-5;;/h1-3H,(H2,6,7,8);;/q;2*+1/p-2. The van der Waals surface area contributed by atoms with Gasteiger partial charge in [-0.2, -0.15) is 0 Å². The molecule has 1 rings (SSSR count). The predicted molar refractivity (Wildman–Crippen MR) is 24.5 cm³/mol. The largest absolute Gasteiger partial charge is 1.00 e. The minimum atomic E-state index is -4.62. The topological polar surface area (TPSA) is 87.0 Å². The first-order chi connectivity index (χ1) is 4.11. The Morgan fingerprint density at radius 2 is 1.73 bits per heavy atom. The van der Waals surface area contributed by atoms with Crippen LogP contribution in [0.15, 0.2) is 18.7 Å². The van der Waals surface area contributed by atoms with Gasteiger partial charge >= 0.3 is 59.1 Å². The van der Waals surface area contributed by atoms with Crippen molar-refractivity contribution in [3.05, 3.63) is 18.7 Å². The van der Waals surface area contributed by atoms with Gasteiger partial charge in [0.25, 0.3) is 0 Å². The van der Waals surface area contributed by atoms with E-state index >= 15 is 0 Å². The quantitative estimate of drug-likeness (QED) is 0.326. The molecule has 0 atom stereocenters. The molecule has 1 aromatic heterocycles. The summed E-state index contributed by atoms with van der Waals surface area (Å²) in [5.74, 6) is 0. The Hall–Kier alpha value is 1.52. The van der Waals surface area contributed by atoms with Crippen LogP contribution < -0.4 is 73.8 Å². The van der Waals surface area contributed by atoms with Gasteiger partial charge in [0.15, 0.2) is 0 Å². The van der Waals surface area contributed by atoms with E-state index in [0.717, 1.165) is 12.5 Å². The van der Waals surface area contributed by atoms with Crippen molar-refractivity contribution in [3.8, 4) is 0 Å². The summed E-state index contributed by atoms with van der Waals surface area (Å²) in [6.07, 6.45) is 3.25. The summed E-state index contributed by atoms with van der Waals surface area (Å²) in [4.78, 5) is 33.6. The fraction of sp³-hybridized carbons (Fsp3) is 0. The minimum Gasteiger partial charge on any atom is -0.668 e. The van der Waals surface area contributed by atoms with Gasteiger partial charge < -0.3 is 14.7 Å². The maximum atomic E-state index is 10.1. The molecule has 0 aromatic carbocycles. The van der Waals surface area contributed by atoms with Crippen LogP contribution in [0, 0.1) is 0 Å². The Balaban J connectivity index is 0. The summed E-state index contributed by atoms with van der Waals surface area (Å²) in [7, 11) is -4.62. The summed E-state index contributed by atoms with van der Waals surface area (Å²) in [5, 5.41) is 0. The molecule has 0 saturated carbocycles.